The van der Waals surface area contributed by atoms with Gasteiger partial charge in [0, 0.05) is 31.0 Å². The quantitative estimate of drug-likeness (QED) is 0.337. The molecule has 1 aliphatic heterocycles. The molecule has 2 aromatic carbocycles. The lowest BCUT2D eigenvalue weighted by atomic mass is 10.1. The molecule has 39 heavy (non-hydrogen) atoms. The van der Waals surface area contributed by atoms with Gasteiger partial charge in [0.15, 0.2) is 6.29 Å². The van der Waals surface area contributed by atoms with Crippen LogP contribution in [0.5, 0.6) is 17.4 Å². The molecule has 1 amide bonds. The molecule has 0 unspecified atom stereocenters. The number of aromatic nitrogens is 2. The minimum Gasteiger partial charge on any atom is -0.495 e. The molecule has 1 fully saturated rings. The van der Waals surface area contributed by atoms with Crippen LogP contribution in [-0.4, -0.2) is 53.6 Å². The number of ether oxygens (including phenoxy) is 3. The van der Waals surface area contributed by atoms with Gasteiger partial charge in [-0.15, -0.1) is 0 Å². The van der Waals surface area contributed by atoms with Gasteiger partial charge in [-0.3, -0.25) is 9.59 Å². The smallest absolute Gasteiger partial charge is 0.423 e. The van der Waals surface area contributed by atoms with E-state index in [0.717, 1.165) is 0 Å². The van der Waals surface area contributed by atoms with Crippen molar-refractivity contribution in [1.82, 2.24) is 15.3 Å². The van der Waals surface area contributed by atoms with Gasteiger partial charge in [0.2, 0.25) is 11.8 Å². The van der Waals surface area contributed by atoms with Gasteiger partial charge >= 0.3 is 6.18 Å². The van der Waals surface area contributed by atoms with Gasteiger partial charge in [0.05, 0.1) is 25.0 Å². The van der Waals surface area contributed by atoms with Gasteiger partial charge in [-0.05, 0) is 42.7 Å². The summed E-state index contributed by atoms with van der Waals surface area (Å²) in [7, 11) is 1.37. The van der Waals surface area contributed by atoms with Crippen molar-refractivity contribution in [2.75, 3.05) is 25.6 Å². The number of carbonyl (C=O) groups excluding carboxylic acids is 2. The average molecular weight is 547 g/mol. The van der Waals surface area contributed by atoms with Gasteiger partial charge in [-0.25, -0.2) is 4.98 Å². The van der Waals surface area contributed by atoms with E-state index in [9.17, 15) is 27.9 Å². The molecule has 1 aromatic heterocycles. The number of halogens is 3. The standard InChI is InChI=1S/C26H25F3N4O6/c1-37-22-11-15(23(36)31-17-7-9-38-10-8-17)5-6-20(22)32-25-30-12-19(26(27,28)29)24(33-25)39-21-4-2-3-16(13-34)18(21)14-35/h2-6,11-12,14,17,34H,7-10,13H2,1H3,(H,31,36)(H,30,32,33). The maximum absolute atomic E-state index is 13.7. The van der Waals surface area contributed by atoms with Crippen molar-refractivity contribution in [2.45, 2.75) is 31.7 Å². The maximum atomic E-state index is 13.7. The Labute approximate surface area is 221 Å². The summed E-state index contributed by atoms with van der Waals surface area (Å²) in [4.78, 5) is 31.9. The second-order valence-corrected chi connectivity index (χ2v) is 8.52. The fourth-order valence-electron chi connectivity index (χ4n) is 3.92. The summed E-state index contributed by atoms with van der Waals surface area (Å²) < 4.78 is 57.1. The molecule has 0 saturated carbocycles. The van der Waals surface area contributed by atoms with Crippen molar-refractivity contribution in [1.29, 1.82) is 0 Å². The van der Waals surface area contributed by atoms with Crippen LogP contribution in [0.2, 0.25) is 0 Å². The number of methoxy groups -OCH3 is 1. The number of hydrogen-bond donors (Lipinski definition) is 3. The maximum Gasteiger partial charge on any atom is 0.423 e. The monoisotopic (exact) mass is 546 g/mol. The number of aliphatic hydroxyl groups is 1. The lowest BCUT2D eigenvalue weighted by Gasteiger charge is -2.23. The summed E-state index contributed by atoms with van der Waals surface area (Å²) in [6, 6.07) is 8.65. The van der Waals surface area contributed by atoms with E-state index in [1.54, 1.807) is 0 Å². The highest BCUT2D eigenvalue weighted by atomic mass is 19.4. The van der Waals surface area contributed by atoms with Gasteiger partial charge in [0.1, 0.15) is 17.1 Å². The summed E-state index contributed by atoms with van der Waals surface area (Å²) in [5.41, 5.74) is -0.605. The fourth-order valence-corrected chi connectivity index (χ4v) is 3.92. The van der Waals surface area contributed by atoms with Crippen LogP contribution in [0.4, 0.5) is 24.8 Å². The Morgan fingerprint density at radius 3 is 2.64 bits per heavy atom. The Balaban J connectivity index is 1.61. The number of nitrogens with one attached hydrogen (secondary N) is 2. The van der Waals surface area contributed by atoms with E-state index in [0.29, 0.717) is 44.1 Å². The minimum absolute atomic E-state index is 0.00758. The third-order valence-corrected chi connectivity index (χ3v) is 5.98. The minimum atomic E-state index is -4.86. The van der Waals surface area contributed by atoms with E-state index < -0.39 is 24.2 Å². The van der Waals surface area contributed by atoms with E-state index in [-0.39, 0.29) is 46.2 Å². The van der Waals surface area contributed by atoms with Crippen LogP contribution < -0.4 is 20.1 Å². The van der Waals surface area contributed by atoms with Crippen molar-refractivity contribution in [3.05, 3.63) is 64.8 Å². The van der Waals surface area contributed by atoms with Crippen LogP contribution in [-0.2, 0) is 17.5 Å². The van der Waals surface area contributed by atoms with Gasteiger partial charge in [-0.2, -0.15) is 18.2 Å². The normalized spacial score (nSPS) is 14.0. The van der Waals surface area contributed by atoms with Crippen molar-refractivity contribution >= 4 is 23.8 Å². The lowest BCUT2D eigenvalue weighted by molar-refractivity contribution is -0.139. The molecule has 0 radical (unpaired) electrons. The molecule has 1 aliphatic rings. The number of nitrogens with zero attached hydrogens (tertiary/aromatic N) is 2. The van der Waals surface area contributed by atoms with E-state index in [1.165, 1.54) is 43.5 Å². The van der Waals surface area contributed by atoms with Crippen LogP contribution in [0.3, 0.4) is 0 Å². The lowest BCUT2D eigenvalue weighted by Crippen LogP contribution is -2.38. The number of carbonyl (C=O) groups is 2. The zero-order chi connectivity index (χ0) is 28.0. The molecule has 2 heterocycles. The van der Waals surface area contributed by atoms with Gasteiger partial charge < -0.3 is 30.0 Å². The molecular weight excluding hydrogens is 521 g/mol. The number of rotatable bonds is 9. The van der Waals surface area contributed by atoms with Gasteiger partial charge in [-0.1, -0.05) is 12.1 Å². The second-order valence-electron chi connectivity index (χ2n) is 8.52. The van der Waals surface area contributed by atoms with Crippen molar-refractivity contribution < 1.29 is 42.1 Å². The average Bonchev–Trinajstić information content (AvgIpc) is 2.93. The first-order valence-electron chi connectivity index (χ1n) is 11.9. The molecule has 0 spiro atoms. The van der Waals surface area contributed by atoms with Crippen molar-refractivity contribution in [2.24, 2.45) is 0 Å². The molecule has 3 N–H and O–H groups in total. The molecule has 4 rings (SSSR count). The molecular formula is C26H25F3N4O6. The van der Waals surface area contributed by atoms with E-state index in [4.69, 9.17) is 14.2 Å². The molecule has 206 valence electrons. The second kappa shape index (κ2) is 12.1. The molecule has 0 bridgehead atoms. The van der Waals surface area contributed by atoms with Crippen molar-refractivity contribution in [3.8, 4) is 17.4 Å². The molecule has 0 aliphatic carbocycles. The molecule has 0 atom stereocenters. The van der Waals surface area contributed by atoms with E-state index in [2.05, 4.69) is 20.6 Å². The molecule has 3 aromatic rings. The summed E-state index contributed by atoms with van der Waals surface area (Å²) in [6.07, 6.45) is -2.53. The van der Waals surface area contributed by atoms with E-state index >= 15 is 0 Å². The Hall–Kier alpha value is -4.23. The highest BCUT2D eigenvalue weighted by molar-refractivity contribution is 5.95. The number of aldehydes is 1. The van der Waals surface area contributed by atoms with Crippen LogP contribution >= 0.6 is 0 Å². The van der Waals surface area contributed by atoms with Crippen LogP contribution in [0.25, 0.3) is 0 Å². The SMILES string of the molecule is COc1cc(C(=O)NC2CCOCC2)ccc1Nc1ncc(C(F)(F)F)c(Oc2cccc(CO)c2C=O)n1. The molecule has 13 heteroatoms. The number of alkyl halides is 3. The highest BCUT2D eigenvalue weighted by Crippen LogP contribution is 2.38. The summed E-state index contributed by atoms with van der Waals surface area (Å²) in [5.74, 6) is -1.42. The van der Waals surface area contributed by atoms with Crippen LogP contribution in [0.1, 0.15) is 44.7 Å². The Morgan fingerprint density at radius 2 is 1.97 bits per heavy atom. The topological polar surface area (TPSA) is 132 Å². The Bertz CT molecular complexity index is 1350. The van der Waals surface area contributed by atoms with Crippen LogP contribution in [0, 0.1) is 0 Å². The fraction of sp³-hybridized carbons (Fsp3) is 0.308. The number of aliphatic hydroxyl groups excluding tert-OH is 1. The zero-order valence-corrected chi connectivity index (χ0v) is 20.7. The molecule has 10 nitrogen and oxygen atoms in total. The Morgan fingerprint density at radius 1 is 1.21 bits per heavy atom. The number of hydrogen-bond acceptors (Lipinski definition) is 9. The predicted molar refractivity (Wildman–Crippen MR) is 132 cm³/mol. The first kappa shape index (κ1) is 27.8. The predicted octanol–water partition coefficient (Wildman–Crippen LogP) is 4.25. The Kier molecular flexibility index (Phi) is 8.62. The molecule has 1 saturated heterocycles. The first-order chi connectivity index (χ1) is 18.7. The first-order valence-corrected chi connectivity index (χ1v) is 11.9. The van der Waals surface area contributed by atoms with Crippen LogP contribution in [0.15, 0.2) is 42.6 Å². The largest absolute Gasteiger partial charge is 0.495 e. The summed E-state index contributed by atoms with van der Waals surface area (Å²) in [5, 5.41) is 15.2. The third-order valence-electron chi connectivity index (χ3n) is 5.98. The van der Waals surface area contributed by atoms with Crippen molar-refractivity contribution in [3.63, 3.8) is 0 Å². The zero-order valence-electron chi connectivity index (χ0n) is 20.7. The third kappa shape index (κ3) is 6.62. The van der Waals surface area contributed by atoms with E-state index in [1.807, 2.05) is 0 Å². The number of benzene rings is 2. The van der Waals surface area contributed by atoms with Gasteiger partial charge in [0.25, 0.3) is 5.91 Å². The summed E-state index contributed by atoms with van der Waals surface area (Å²) >= 11 is 0. The number of amides is 1. The highest BCUT2D eigenvalue weighted by Gasteiger charge is 2.37. The number of anilines is 2. The summed E-state index contributed by atoms with van der Waals surface area (Å²) in [6.45, 7) is 0.620.